The third-order valence-corrected chi connectivity index (χ3v) is 17.0. The number of nitrogens with zero attached hydrogens (tertiary/aromatic N) is 3. The van der Waals surface area contributed by atoms with Crippen molar-refractivity contribution in [1.29, 1.82) is 0 Å². The van der Waals surface area contributed by atoms with Crippen molar-refractivity contribution in [3.05, 3.63) is 83.7 Å². The molecule has 0 bridgehead atoms. The minimum Gasteiger partial charge on any atom is -0.379 e. The molecule has 0 radical (unpaired) electrons. The summed E-state index contributed by atoms with van der Waals surface area (Å²) in [6.07, 6.45) is 1.94. The molecule has 0 aliphatic carbocycles. The van der Waals surface area contributed by atoms with Gasteiger partial charge in [0.05, 0.1) is 133 Å². The molecule has 0 saturated carbocycles. The number of aryl methyl sites for hydroxylation is 1. The van der Waals surface area contributed by atoms with Crippen LogP contribution in [0, 0.1) is 24.6 Å². The van der Waals surface area contributed by atoms with Crippen molar-refractivity contribution in [2.75, 3.05) is 125 Å². The van der Waals surface area contributed by atoms with Crippen LogP contribution in [0.5, 0.6) is 0 Å². The second kappa shape index (κ2) is 40.0. The standard InChI is InChI=1S/C66H99FN8O14S/c1-10-12-26-75(59(78)44-69-65(81)66(6,7)73-57(76)24-28-84-30-32-86-34-36-88-38-39-89-37-35-87-33-31-85-29-25-68)60(45(3)11-2)55(82-8)43-58(77)74-27-16-19-54(74)61(83-9)47(5)62(79)71-53(41-48-17-14-13-15-18-48)63(80)70-51-22-20-49(40-46(51)4)64-72-52-42-50(67)21-23-56(52)90-64/h13-15,17-18,20-23,40,42,45,47,53-55,60-61H,10-12,16,19,24-39,41,43-44,68H2,1-9H3,(H,69,81)(H,70,80)(H,71,79)(H,73,76). The van der Waals surface area contributed by atoms with Crippen LogP contribution in [-0.4, -0.2) is 206 Å². The number of carbonyl (C=O) groups is 6. The van der Waals surface area contributed by atoms with E-state index in [1.165, 1.54) is 37.7 Å². The Labute approximate surface area is 534 Å². The van der Waals surface area contributed by atoms with Crippen LogP contribution in [-0.2, 0) is 73.1 Å². The number of nitrogens with one attached hydrogen (secondary N) is 4. The van der Waals surface area contributed by atoms with Crippen molar-refractivity contribution in [2.24, 2.45) is 17.6 Å². The summed E-state index contributed by atoms with van der Waals surface area (Å²) in [6, 6.07) is 17.4. The number of benzene rings is 3. The van der Waals surface area contributed by atoms with Crippen LogP contribution < -0.4 is 27.0 Å². The largest absolute Gasteiger partial charge is 0.379 e. The Morgan fingerprint density at radius 1 is 0.811 bits per heavy atom. The van der Waals surface area contributed by atoms with E-state index in [1.54, 1.807) is 42.7 Å². The summed E-state index contributed by atoms with van der Waals surface area (Å²) in [4.78, 5) is 92.6. The molecular formula is C66H99FN8O14S. The number of amides is 6. The SMILES string of the molecule is CCCCN(C(=O)CNC(=O)C(C)(C)NC(=O)CCOCCOCCOCCOCCOCCOCCN)C(C(C)CC)C(CC(=O)N1CCCC1C(OC)C(C)C(=O)NC(Cc1ccccc1)C(=O)Nc1ccc(-c2nc3cc(F)ccc3s2)cc1C)OC. The van der Waals surface area contributed by atoms with Crippen molar-refractivity contribution in [3.63, 3.8) is 0 Å². The Morgan fingerprint density at radius 3 is 2.03 bits per heavy atom. The van der Waals surface area contributed by atoms with Gasteiger partial charge in [0.1, 0.15) is 22.4 Å². The molecule has 1 saturated heterocycles. The lowest BCUT2D eigenvalue weighted by atomic mass is 9.89. The first kappa shape index (κ1) is 74.7. The number of hydrogen-bond acceptors (Lipinski definition) is 17. The van der Waals surface area contributed by atoms with E-state index < -0.39 is 65.4 Å². The summed E-state index contributed by atoms with van der Waals surface area (Å²) >= 11 is 1.44. The molecule has 5 rings (SSSR count). The van der Waals surface area contributed by atoms with E-state index in [-0.39, 0.29) is 62.6 Å². The number of likely N-dealkylation sites (tertiary alicyclic amines) is 1. The predicted octanol–water partition coefficient (Wildman–Crippen LogP) is 6.63. The Balaban J connectivity index is 1.12. The van der Waals surface area contributed by atoms with Crippen molar-refractivity contribution >= 4 is 62.7 Å². The smallest absolute Gasteiger partial charge is 0.247 e. The molecule has 1 fully saturated rings. The van der Waals surface area contributed by atoms with Gasteiger partial charge in [0.2, 0.25) is 35.4 Å². The zero-order chi connectivity index (χ0) is 65.4. The summed E-state index contributed by atoms with van der Waals surface area (Å²) in [5.74, 6) is -3.69. The van der Waals surface area contributed by atoms with Crippen LogP contribution in [0.3, 0.4) is 0 Å². The first-order valence-corrected chi connectivity index (χ1v) is 32.4. The average Bonchev–Trinajstić information content (AvgIpc) is 1.70. The maximum atomic E-state index is 14.7. The molecule has 1 aliphatic rings. The number of anilines is 1. The minimum absolute atomic E-state index is 0.00262. The molecule has 24 heteroatoms. The summed E-state index contributed by atoms with van der Waals surface area (Å²) in [7, 11) is 3.05. The molecule has 6 amide bonds. The number of unbranched alkanes of at least 4 members (excludes halogenated alkanes) is 1. The molecule has 2 heterocycles. The van der Waals surface area contributed by atoms with E-state index in [4.69, 9.17) is 43.6 Å². The van der Waals surface area contributed by atoms with E-state index in [0.717, 1.165) is 27.8 Å². The summed E-state index contributed by atoms with van der Waals surface area (Å²) in [6.45, 7) is 18.4. The van der Waals surface area contributed by atoms with Gasteiger partial charge in [-0.2, -0.15) is 0 Å². The molecule has 90 heavy (non-hydrogen) atoms. The number of nitrogens with two attached hydrogens (primary N) is 1. The summed E-state index contributed by atoms with van der Waals surface area (Å²) in [5, 5.41) is 12.3. The highest BCUT2D eigenvalue weighted by Crippen LogP contribution is 2.34. The number of aromatic nitrogens is 1. The van der Waals surface area contributed by atoms with Crippen LogP contribution >= 0.6 is 11.3 Å². The van der Waals surface area contributed by atoms with Crippen molar-refractivity contribution in [3.8, 4) is 10.6 Å². The maximum Gasteiger partial charge on any atom is 0.247 e. The molecule has 7 unspecified atom stereocenters. The fraction of sp³-hybridized carbons (Fsp3) is 0.621. The second-order valence-electron chi connectivity index (χ2n) is 23.1. The first-order chi connectivity index (χ1) is 43.3. The second-order valence-corrected chi connectivity index (χ2v) is 24.1. The van der Waals surface area contributed by atoms with E-state index in [1.807, 2.05) is 70.2 Å². The molecule has 7 atom stereocenters. The fourth-order valence-corrected chi connectivity index (χ4v) is 11.7. The lowest BCUT2D eigenvalue weighted by molar-refractivity contribution is -0.147. The van der Waals surface area contributed by atoms with Crippen LogP contribution in [0.4, 0.5) is 10.1 Å². The topological polar surface area (TPSA) is 270 Å². The number of fused-ring (bicyclic) bond motifs is 1. The Hall–Kier alpha value is -6.06. The van der Waals surface area contributed by atoms with Crippen LogP contribution in [0.25, 0.3) is 20.8 Å². The highest BCUT2D eigenvalue weighted by atomic mass is 32.1. The number of methoxy groups -OCH3 is 2. The highest BCUT2D eigenvalue weighted by molar-refractivity contribution is 7.21. The number of thiazole rings is 1. The third kappa shape index (κ3) is 24.2. The van der Waals surface area contributed by atoms with E-state index in [0.29, 0.717) is 128 Å². The summed E-state index contributed by atoms with van der Waals surface area (Å²) < 4.78 is 59.8. The van der Waals surface area contributed by atoms with Crippen molar-refractivity contribution < 1.29 is 71.1 Å². The van der Waals surface area contributed by atoms with E-state index in [2.05, 4.69) is 26.3 Å². The van der Waals surface area contributed by atoms with Crippen LogP contribution in [0.1, 0.15) is 97.6 Å². The highest BCUT2D eigenvalue weighted by Gasteiger charge is 2.43. The van der Waals surface area contributed by atoms with Gasteiger partial charge in [0.15, 0.2) is 0 Å². The van der Waals surface area contributed by atoms with Gasteiger partial charge >= 0.3 is 0 Å². The third-order valence-electron chi connectivity index (χ3n) is 15.9. The molecule has 4 aromatic rings. The van der Waals surface area contributed by atoms with Gasteiger partial charge in [-0.05, 0) is 87.4 Å². The van der Waals surface area contributed by atoms with Gasteiger partial charge in [-0.3, -0.25) is 28.8 Å². The summed E-state index contributed by atoms with van der Waals surface area (Å²) in [5.41, 5.74) is 7.55. The zero-order valence-corrected chi connectivity index (χ0v) is 55.1. The predicted molar refractivity (Wildman–Crippen MR) is 344 cm³/mol. The normalized spacial score (nSPS) is 15.4. The van der Waals surface area contributed by atoms with E-state index in [9.17, 15) is 33.2 Å². The molecule has 22 nitrogen and oxygen atoms in total. The minimum atomic E-state index is -1.37. The van der Waals surface area contributed by atoms with Crippen LogP contribution in [0.15, 0.2) is 66.7 Å². The van der Waals surface area contributed by atoms with Gasteiger partial charge < -0.3 is 74.7 Å². The Morgan fingerprint density at radius 2 is 1.44 bits per heavy atom. The number of halogens is 1. The van der Waals surface area contributed by atoms with Crippen molar-refractivity contribution in [1.82, 2.24) is 30.7 Å². The zero-order valence-electron chi connectivity index (χ0n) is 54.3. The number of carbonyl (C=O) groups excluding carboxylic acids is 6. The van der Waals surface area contributed by atoms with Gasteiger partial charge in [-0.15, -0.1) is 11.3 Å². The van der Waals surface area contributed by atoms with Gasteiger partial charge in [-0.1, -0.05) is 70.9 Å². The maximum absolute atomic E-state index is 14.7. The van der Waals surface area contributed by atoms with Crippen molar-refractivity contribution in [2.45, 2.75) is 136 Å². The number of rotatable bonds is 44. The van der Waals surface area contributed by atoms with E-state index >= 15 is 0 Å². The molecule has 500 valence electrons. The lowest BCUT2D eigenvalue weighted by Gasteiger charge is -2.41. The molecule has 0 spiro atoms. The van der Waals surface area contributed by atoms with Gasteiger partial charge in [-0.25, -0.2) is 9.37 Å². The van der Waals surface area contributed by atoms with Gasteiger partial charge in [0, 0.05) is 64.0 Å². The van der Waals surface area contributed by atoms with Gasteiger partial charge in [0.25, 0.3) is 0 Å². The van der Waals surface area contributed by atoms with Crippen LogP contribution in [0.2, 0.25) is 0 Å². The lowest BCUT2D eigenvalue weighted by Crippen LogP contribution is -2.58. The Bertz CT molecular complexity index is 2830. The Kier molecular flexibility index (Phi) is 33.2. The first-order valence-electron chi connectivity index (χ1n) is 31.6. The number of hydrogen-bond donors (Lipinski definition) is 5. The molecule has 3 aromatic carbocycles. The number of ether oxygens (including phenoxy) is 8. The quantitative estimate of drug-likeness (QED) is 0.0291. The average molecular weight is 1280 g/mol. The monoisotopic (exact) mass is 1280 g/mol. The fourth-order valence-electron chi connectivity index (χ4n) is 10.7. The molecular weight excluding hydrogens is 1180 g/mol. The molecule has 6 N–H and O–H groups in total. The molecule has 1 aromatic heterocycles. The molecule has 1 aliphatic heterocycles.